The topological polar surface area (TPSA) is 51.0 Å². The highest BCUT2D eigenvalue weighted by molar-refractivity contribution is 9.10. The van der Waals surface area contributed by atoms with Crippen molar-refractivity contribution in [3.05, 3.63) is 46.8 Å². The molecule has 0 fully saturated rings. The summed E-state index contributed by atoms with van der Waals surface area (Å²) in [6, 6.07) is 1.90. The van der Waals surface area contributed by atoms with Crippen LogP contribution in [0, 0.1) is 0 Å². The van der Waals surface area contributed by atoms with E-state index in [0.717, 1.165) is 11.3 Å². The minimum atomic E-state index is -0.00757. The maximum absolute atomic E-state index is 5.20. The van der Waals surface area contributed by atoms with Crippen LogP contribution in [0.4, 0.5) is 0 Å². The van der Waals surface area contributed by atoms with Gasteiger partial charge in [-0.15, -0.1) is 0 Å². The Bertz CT molecular complexity index is 429. The molecule has 0 aliphatic rings. The van der Waals surface area contributed by atoms with Crippen molar-refractivity contribution in [1.29, 1.82) is 0 Å². The number of aromatic nitrogens is 2. The summed E-state index contributed by atoms with van der Waals surface area (Å²) >= 11 is 3.35. The largest absolute Gasteiger partial charge is 0.457 e. The van der Waals surface area contributed by atoms with Crippen molar-refractivity contribution in [3.63, 3.8) is 0 Å². The molecule has 0 spiro atoms. The molecule has 2 aromatic heterocycles. The van der Waals surface area contributed by atoms with Gasteiger partial charge in [0.15, 0.2) is 4.67 Å². The maximum Gasteiger partial charge on any atom is 0.174 e. The monoisotopic (exact) mass is 267 g/mol. The fourth-order valence-electron chi connectivity index (χ4n) is 1.43. The Labute approximate surface area is 95.9 Å². The lowest BCUT2D eigenvalue weighted by atomic mass is 10.1. The van der Waals surface area contributed by atoms with Crippen LogP contribution >= 0.6 is 15.9 Å². The van der Waals surface area contributed by atoms with Crippen LogP contribution in [-0.4, -0.2) is 17.0 Å². The van der Waals surface area contributed by atoms with Crippen molar-refractivity contribution < 1.29 is 4.42 Å². The molecule has 0 amide bonds. The lowest BCUT2D eigenvalue weighted by Crippen LogP contribution is -2.18. The van der Waals surface area contributed by atoms with E-state index in [1.165, 1.54) is 0 Å². The summed E-state index contributed by atoms with van der Waals surface area (Å²) in [5.41, 5.74) is 1.88. The summed E-state index contributed by atoms with van der Waals surface area (Å²) in [4.78, 5) is 8.30. The predicted molar refractivity (Wildman–Crippen MR) is 59.3 cm³/mol. The lowest BCUT2D eigenvalue weighted by molar-refractivity contribution is 0.529. The van der Waals surface area contributed by atoms with Crippen LogP contribution in [0.5, 0.6) is 0 Å². The number of hydrogen-bond acceptors (Lipinski definition) is 4. The smallest absolute Gasteiger partial charge is 0.174 e. The molecular formula is C10H10BrN3O. The van der Waals surface area contributed by atoms with Crippen LogP contribution in [0.3, 0.4) is 0 Å². The molecule has 0 aliphatic carbocycles. The first-order valence-electron chi connectivity index (χ1n) is 4.49. The Balaban J connectivity index is 2.37. The SMILES string of the molecule is CNC(c1cnccn1)c1ccoc1Br. The van der Waals surface area contributed by atoms with Gasteiger partial charge in [0.2, 0.25) is 0 Å². The van der Waals surface area contributed by atoms with Crippen LogP contribution in [0.15, 0.2) is 40.0 Å². The van der Waals surface area contributed by atoms with E-state index in [-0.39, 0.29) is 6.04 Å². The van der Waals surface area contributed by atoms with Crippen LogP contribution in [0.1, 0.15) is 17.3 Å². The van der Waals surface area contributed by atoms with E-state index in [1.54, 1.807) is 24.9 Å². The van der Waals surface area contributed by atoms with Gasteiger partial charge >= 0.3 is 0 Å². The summed E-state index contributed by atoms with van der Waals surface area (Å²) in [5, 5.41) is 3.17. The van der Waals surface area contributed by atoms with Crippen LogP contribution in [0.25, 0.3) is 0 Å². The molecule has 2 rings (SSSR count). The number of nitrogens with one attached hydrogen (secondary N) is 1. The van der Waals surface area contributed by atoms with E-state index in [0.29, 0.717) is 4.67 Å². The van der Waals surface area contributed by atoms with E-state index in [1.807, 2.05) is 13.1 Å². The fraction of sp³-hybridized carbons (Fsp3) is 0.200. The van der Waals surface area contributed by atoms with Gasteiger partial charge in [-0.25, -0.2) is 0 Å². The van der Waals surface area contributed by atoms with Gasteiger partial charge in [0, 0.05) is 18.0 Å². The second-order valence-corrected chi connectivity index (χ2v) is 3.72. The molecule has 4 nitrogen and oxygen atoms in total. The molecule has 0 saturated heterocycles. The molecule has 15 heavy (non-hydrogen) atoms. The van der Waals surface area contributed by atoms with Crippen molar-refractivity contribution in [2.75, 3.05) is 7.05 Å². The van der Waals surface area contributed by atoms with Crippen LogP contribution in [-0.2, 0) is 0 Å². The maximum atomic E-state index is 5.20. The average molecular weight is 268 g/mol. The van der Waals surface area contributed by atoms with Crippen molar-refractivity contribution in [1.82, 2.24) is 15.3 Å². The first kappa shape index (κ1) is 10.3. The number of hydrogen-bond donors (Lipinski definition) is 1. The molecule has 78 valence electrons. The molecule has 1 N–H and O–H groups in total. The lowest BCUT2D eigenvalue weighted by Gasteiger charge is -2.13. The van der Waals surface area contributed by atoms with Gasteiger partial charge in [0.1, 0.15) is 0 Å². The highest BCUT2D eigenvalue weighted by atomic mass is 79.9. The quantitative estimate of drug-likeness (QED) is 0.926. The summed E-state index contributed by atoms with van der Waals surface area (Å²) < 4.78 is 5.91. The molecule has 1 atom stereocenters. The average Bonchev–Trinajstić information content (AvgIpc) is 2.68. The first-order chi connectivity index (χ1) is 7.33. The molecule has 0 radical (unpaired) electrons. The molecule has 1 unspecified atom stereocenters. The van der Waals surface area contributed by atoms with Gasteiger partial charge < -0.3 is 9.73 Å². The zero-order valence-corrected chi connectivity index (χ0v) is 9.73. The van der Waals surface area contributed by atoms with Gasteiger partial charge in [0.25, 0.3) is 0 Å². The van der Waals surface area contributed by atoms with Crippen LogP contribution in [0.2, 0.25) is 0 Å². The Morgan fingerprint density at radius 1 is 1.47 bits per heavy atom. The fourth-order valence-corrected chi connectivity index (χ4v) is 1.90. The number of nitrogens with zero attached hydrogens (tertiary/aromatic N) is 2. The zero-order chi connectivity index (χ0) is 10.7. The molecule has 0 saturated carbocycles. The van der Waals surface area contributed by atoms with Gasteiger partial charge in [-0.05, 0) is 29.0 Å². The summed E-state index contributed by atoms with van der Waals surface area (Å²) in [7, 11) is 1.87. The molecule has 0 aromatic carbocycles. The molecular weight excluding hydrogens is 258 g/mol. The Morgan fingerprint density at radius 3 is 2.87 bits per heavy atom. The highest BCUT2D eigenvalue weighted by Gasteiger charge is 2.17. The normalized spacial score (nSPS) is 12.7. The third-order valence-electron chi connectivity index (χ3n) is 2.12. The minimum absolute atomic E-state index is 0.00757. The van der Waals surface area contributed by atoms with Gasteiger partial charge in [0.05, 0.1) is 24.2 Å². The number of rotatable bonds is 3. The molecule has 0 bridgehead atoms. The van der Waals surface area contributed by atoms with E-state index in [4.69, 9.17) is 4.42 Å². The predicted octanol–water partition coefficient (Wildman–Crippen LogP) is 2.14. The minimum Gasteiger partial charge on any atom is -0.457 e. The van der Waals surface area contributed by atoms with E-state index >= 15 is 0 Å². The van der Waals surface area contributed by atoms with Crippen LogP contribution < -0.4 is 5.32 Å². The Morgan fingerprint density at radius 2 is 2.33 bits per heavy atom. The van der Waals surface area contributed by atoms with Crippen molar-refractivity contribution in [2.45, 2.75) is 6.04 Å². The van der Waals surface area contributed by atoms with Gasteiger partial charge in [-0.1, -0.05) is 0 Å². The van der Waals surface area contributed by atoms with Crippen molar-refractivity contribution in [3.8, 4) is 0 Å². The summed E-state index contributed by atoms with van der Waals surface area (Å²) in [6.45, 7) is 0. The number of halogens is 1. The van der Waals surface area contributed by atoms with E-state index in [2.05, 4.69) is 31.2 Å². The second-order valence-electron chi connectivity index (χ2n) is 3.00. The third-order valence-corrected chi connectivity index (χ3v) is 2.77. The zero-order valence-electron chi connectivity index (χ0n) is 8.14. The molecule has 2 aromatic rings. The standard InChI is InChI=1S/C10H10BrN3O/c1-12-9(7-2-5-15-10(7)11)8-6-13-3-4-14-8/h2-6,9,12H,1H3. The summed E-state index contributed by atoms with van der Waals surface area (Å²) in [5.74, 6) is 0. The molecule has 2 heterocycles. The highest BCUT2D eigenvalue weighted by Crippen LogP contribution is 2.27. The van der Waals surface area contributed by atoms with E-state index in [9.17, 15) is 0 Å². The van der Waals surface area contributed by atoms with Crippen molar-refractivity contribution in [2.24, 2.45) is 0 Å². The Kier molecular flexibility index (Phi) is 3.13. The third kappa shape index (κ3) is 2.08. The summed E-state index contributed by atoms with van der Waals surface area (Å²) in [6.07, 6.45) is 6.70. The first-order valence-corrected chi connectivity index (χ1v) is 5.28. The van der Waals surface area contributed by atoms with Crippen molar-refractivity contribution >= 4 is 15.9 Å². The van der Waals surface area contributed by atoms with Gasteiger partial charge in [-0.3, -0.25) is 9.97 Å². The molecule has 0 aliphatic heterocycles. The van der Waals surface area contributed by atoms with Gasteiger partial charge in [-0.2, -0.15) is 0 Å². The second kappa shape index (κ2) is 4.55. The van der Waals surface area contributed by atoms with E-state index < -0.39 is 0 Å². The molecule has 5 heteroatoms. The number of furan rings is 1. The Hall–Kier alpha value is -1.20.